The van der Waals surface area contributed by atoms with Crippen molar-refractivity contribution in [2.75, 3.05) is 0 Å². The van der Waals surface area contributed by atoms with Crippen LogP contribution in [-0.2, 0) is 7.05 Å². The molecule has 106 valence electrons. The van der Waals surface area contributed by atoms with Crippen molar-refractivity contribution < 1.29 is 0 Å². The fraction of sp³-hybridized carbons (Fsp3) is 0.133. The van der Waals surface area contributed by atoms with Gasteiger partial charge in [-0.3, -0.25) is 9.78 Å². The molecule has 3 rings (SSSR count). The minimum absolute atomic E-state index is 0.185. The van der Waals surface area contributed by atoms with Crippen molar-refractivity contribution in [1.82, 2.24) is 14.8 Å². The van der Waals surface area contributed by atoms with E-state index < -0.39 is 6.04 Å². The summed E-state index contributed by atoms with van der Waals surface area (Å²) in [5, 5.41) is 6.20. The third-order valence-corrected chi connectivity index (χ3v) is 4.16. The number of thiophene rings is 1. The number of rotatable bonds is 3. The van der Waals surface area contributed by atoms with Crippen LogP contribution in [0.5, 0.6) is 0 Å². The summed E-state index contributed by atoms with van der Waals surface area (Å²) in [6.45, 7) is 0. The van der Waals surface area contributed by atoms with Gasteiger partial charge in [0.2, 0.25) is 0 Å². The molecule has 21 heavy (non-hydrogen) atoms. The molecule has 0 saturated heterocycles. The van der Waals surface area contributed by atoms with E-state index >= 15 is 0 Å². The van der Waals surface area contributed by atoms with Gasteiger partial charge in [0.15, 0.2) is 0 Å². The summed E-state index contributed by atoms with van der Waals surface area (Å²) < 4.78 is 1.31. The number of aryl methyl sites for hydroxylation is 1. The van der Waals surface area contributed by atoms with Crippen LogP contribution in [0.1, 0.15) is 16.5 Å². The minimum atomic E-state index is -0.450. The maximum Gasteiger partial charge on any atom is 0.271 e. The fourth-order valence-electron chi connectivity index (χ4n) is 2.12. The molecule has 0 saturated carbocycles. The van der Waals surface area contributed by atoms with Gasteiger partial charge in [-0.15, -0.1) is 11.3 Å². The van der Waals surface area contributed by atoms with Crippen molar-refractivity contribution in [3.8, 4) is 11.4 Å². The molecule has 0 aliphatic heterocycles. The summed E-state index contributed by atoms with van der Waals surface area (Å²) in [5.41, 5.74) is 7.92. The lowest BCUT2D eigenvalue weighted by atomic mass is 10.1. The highest BCUT2D eigenvalue weighted by atomic mass is 32.1. The number of nitrogens with zero attached hydrogens (tertiary/aromatic N) is 3. The average molecular weight is 298 g/mol. The molecule has 0 aromatic carbocycles. The second-order valence-electron chi connectivity index (χ2n) is 4.62. The van der Waals surface area contributed by atoms with Crippen LogP contribution in [0, 0.1) is 0 Å². The van der Waals surface area contributed by atoms with Crippen LogP contribution in [0.25, 0.3) is 11.4 Å². The van der Waals surface area contributed by atoms with Crippen LogP contribution >= 0.6 is 11.3 Å². The molecule has 0 radical (unpaired) electrons. The number of nitrogens with two attached hydrogens (primary N) is 1. The van der Waals surface area contributed by atoms with E-state index in [2.05, 4.69) is 10.1 Å². The highest BCUT2D eigenvalue weighted by molar-refractivity contribution is 7.10. The molecular weight excluding hydrogens is 284 g/mol. The standard InChI is InChI=1S/C15H14N4OS/c1-19-15(20)10(14(16)13-6-4-8-21-13)9-12(18-19)11-5-2-3-7-17-11/h2-9,14H,16H2,1H3. The molecule has 0 fully saturated rings. The highest BCUT2D eigenvalue weighted by Gasteiger charge is 2.17. The first-order valence-corrected chi connectivity index (χ1v) is 7.33. The van der Waals surface area contributed by atoms with Crippen molar-refractivity contribution in [2.24, 2.45) is 12.8 Å². The normalized spacial score (nSPS) is 12.3. The third-order valence-electron chi connectivity index (χ3n) is 3.20. The van der Waals surface area contributed by atoms with Gasteiger partial charge in [-0.05, 0) is 29.6 Å². The van der Waals surface area contributed by atoms with Gasteiger partial charge in [0.1, 0.15) is 5.69 Å². The second-order valence-corrected chi connectivity index (χ2v) is 5.60. The molecule has 0 aliphatic rings. The van der Waals surface area contributed by atoms with Crippen molar-refractivity contribution in [3.05, 3.63) is 68.8 Å². The zero-order valence-corrected chi connectivity index (χ0v) is 12.2. The molecule has 0 aliphatic carbocycles. The predicted octanol–water partition coefficient (Wildman–Crippen LogP) is 1.95. The largest absolute Gasteiger partial charge is 0.319 e. The first-order chi connectivity index (χ1) is 10.2. The minimum Gasteiger partial charge on any atom is -0.319 e. The van der Waals surface area contributed by atoms with Gasteiger partial charge in [0.25, 0.3) is 5.56 Å². The Kier molecular flexibility index (Phi) is 3.64. The van der Waals surface area contributed by atoms with Crippen LogP contribution < -0.4 is 11.3 Å². The Morgan fingerprint density at radius 3 is 2.76 bits per heavy atom. The maximum atomic E-state index is 12.3. The fourth-order valence-corrected chi connectivity index (χ4v) is 2.86. The topological polar surface area (TPSA) is 73.8 Å². The molecule has 0 amide bonds. The summed E-state index contributed by atoms with van der Waals surface area (Å²) in [4.78, 5) is 17.5. The van der Waals surface area contributed by atoms with E-state index in [9.17, 15) is 4.79 Å². The van der Waals surface area contributed by atoms with Gasteiger partial charge in [-0.1, -0.05) is 12.1 Å². The van der Waals surface area contributed by atoms with Crippen molar-refractivity contribution in [3.63, 3.8) is 0 Å². The number of hydrogen-bond acceptors (Lipinski definition) is 5. The van der Waals surface area contributed by atoms with Crippen molar-refractivity contribution >= 4 is 11.3 Å². The molecule has 3 aromatic heterocycles. The van der Waals surface area contributed by atoms with E-state index in [1.54, 1.807) is 19.3 Å². The predicted molar refractivity (Wildman–Crippen MR) is 83.1 cm³/mol. The summed E-state index contributed by atoms with van der Waals surface area (Å²) in [5.74, 6) is 0. The van der Waals surface area contributed by atoms with E-state index in [0.29, 0.717) is 17.0 Å². The first-order valence-electron chi connectivity index (χ1n) is 6.45. The molecule has 3 heterocycles. The molecule has 6 heteroatoms. The van der Waals surface area contributed by atoms with Crippen molar-refractivity contribution in [2.45, 2.75) is 6.04 Å². The number of aromatic nitrogens is 3. The molecule has 3 aromatic rings. The Hall–Kier alpha value is -2.31. The highest BCUT2D eigenvalue weighted by Crippen LogP contribution is 2.23. The van der Waals surface area contributed by atoms with E-state index in [0.717, 1.165) is 4.88 Å². The maximum absolute atomic E-state index is 12.3. The smallest absolute Gasteiger partial charge is 0.271 e. The average Bonchev–Trinajstić information content (AvgIpc) is 3.04. The molecule has 5 nitrogen and oxygen atoms in total. The van der Waals surface area contributed by atoms with Gasteiger partial charge >= 0.3 is 0 Å². The molecule has 1 unspecified atom stereocenters. The molecule has 1 atom stereocenters. The Morgan fingerprint density at radius 2 is 2.10 bits per heavy atom. The Labute approximate surface area is 125 Å². The van der Waals surface area contributed by atoms with Crippen LogP contribution in [0.3, 0.4) is 0 Å². The van der Waals surface area contributed by atoms with Gasteiger partial charge in [-0.2, -0.15) is 5.10 Å². The van der Waals surface area contributed by atoms with E-state index in [1.165, 1.54) is 16.0 Å². The summed E-state index contributed by atoms with van der Waals surface area (Å²) in [7, 11) is 1.62. The lowest BCUT2D eigenvalue weighted by Gasteiger charge is -2.12. The zero-order chi connectivity index (χ0) is 14.8. The van der Waals surface area contributed by atoms with Gasteiger partial charge < -0.3 is 5.73 Å². The van der Waals surface area contributed by atoms with E-state index in [1.807, 2.05) is 35.7 Å². The molecule has 2 N–H and O–H groups in total. The van der Waals surface area contributed by atoms with Gasteiger partial charge in [0, 0.05) is 23.7 Å². The zero-order valence-electron chi connectivity index (χ0n) is 11.4. The third kappa shape index (κ3) is 2.63. The monoisotopic (exact) mass is 298 g/mol. The molecule has 0 bridgehead atoms. The Balaban J connectivity index is 2.13. The van der Waals surface area contributed by atoms with E-state index in [4.69, 9.17) is 5.73 Å². The first kappa shape index (κ1) is 13.7. The quantitative estimate of drug-likeness (QED) is 0.802. The number of hydrogen-bond donors (Lipinski definition) is 1. The molecular formula is C15H14N4OS. The summed E-state index contributed by atoms with van der Waals surface area (Å²) in [6.07, 6.45) is 1.70. The van der Waals surface area contributed by atoms with E-state index in [-0.39, 0.29) is 5.56 Å². The second kappa shape index (κ2) is 5.59. The number of pyridine rings is 1. The summed E-state index contributed by atoms with van der Waals surface area (Å²) >= 11 is 1.53. The SMILES string of the molecule is Cn1nc(-c2ccccn2)cc(C(N)c2cccs2)c1=O. The van der Waals surface area contributed by atoms with Gasteiger partial charge in [-0.25, -0.2) is 4.68 Å². The Bertz CT molecular complexity index is 796. The molecule has 0 spiro atoms. The Morgan fingerprint density at radius 1 is 1.24 bits per heavy atom. The van der Waals surface area contributed by atoms with Crippen LogP contribution in [0.15, 0.2) is 52.8 Å². The lowest BCUT2D eigenvalue weighted by molar-refractivity contribution is 0.685. The van der Waals surface area contributed by atoms with Crippen molar-refractivity contribution in [1.29, 1.82) is 0 Å². The van der Waals surface area contributed by atoms with Crippen LogP contribution in [-0.4, -0.2) is 14.8 Å². The van der Waals surface area contributed by atoms with Gasteiger partial charge in [0.05, 0.1) is 11.7 Å². The summed E-state index contributed by atoms with van der Waals surface area (Å²) in [6, 6.07) is 10.7. The lowest BCUT2D eigenvalue weighted by Crippen LogP contribution is -2.28. The van der Waals surface area contributed by atoms with Crippen LogP contribution in [0.2, 0.25) is 0 Å². The van der Waals surface area contributed by atoms with Crippen LogP contribution in [0.4, 0.5) is 0 Å².